The quantitative estimate of drug-likeness (QED) is 0.618. The molecule has 0 saturated heterocycles. The van der Waals surface area contributed by atoms with Crippen molar-refractivity contribution in [1.29, 1.82) is 0 Å². The van der Waals surface area contributed by atoms with Crippen LogP contribution in [0.4, 0.5) is 0 Å². The molecule has 2 atom stereocenters. The van der Waals surface area contributed by atoms with Crippen LogP contribution in [0.15, 0.2) is 41.8 Å². The van der Waals surface area contributed by atoms with E-state index in [0.29, 0.717) is 17.4 Å². The molecular weight excluding hydrogens is 214 g/mol. The zero-order chi connectivity index (χ0) is 11.7. The van der Waals surface area contributed by atoms with Crippen molar-refractivity contribution in [3.8, 4) is 0 Å². The molecular formula is C13H13N3O. The molecule has 1 amide bonds. The smallest absolute Gasteiger partial charge is 0.267 e. The highest BCUT2D eigenvalue weighted by atomic mass is 16.2. The third-order valence-corrected chi connectivity index (χ3v) is 3.41. The summed E-state index contributed by atoms with van der Waals surface area (Å²) in [5, 5.41) is 4.21. The Kier molecular flexibility index (Phi) is 2.48. The van der Waals surface area contributed by atoms with Crippen LogP contribution in [0.5, 0.6) is 0 Å². The first-order valence-corrected chi connectivity index (χ1v) is 5.78. The van der Waals surface area contributed by atoms with Crippen molar-refractivity contribution in [2.75, 3.05) is 0 Å². The van der Waals surface area contributed by atoms with Crippen LogP contribution in [0.2, 0.25) is 0 Å². The van der Waals surface area contributed by atoms with E-state index in [1.165, 1.54) is 0 Å². The Bertz CT molecular complexity index is 493. The summed E-state index contributed by atoms with van der Waals surface area (Å²) in [6.07, 6.45) is 9.69. The summed E-state index contributed by atoms with van der Waals surface area (Å²) >= 11 is 0. The maximum absolute atomic E-state index is 11.7. The molecule has 2 aliphatic carbocycles. The third-order valence-electron chi connectivity index (χ3n) is 3.41. The summed E-state index contributed by atoms with van der Waals surface area (Å²) in [5.41, 5.74) is 4.31. The Hall–Kier alpha value is -1.97. The number of allylic oxidation sites excluding steroid dienone is 2. The first-order valence-electron chi connectivity index (χ1n) is 5.78. The number of hydrogen-bond acceptors (Lipinski definition) is 3. The van der Waals surface area contributed by atoms with Gasteiger partial charge in [0.1, 0.15) is 0 Å². The normalized spacial score (nSPS) is 27.6. The molecule has 0 bridgehead atoms. The summed E-state index contributed by atoms with van der Waals surface area (Å²) in [6, 6.07) is 3.35. The lowest BCUT2D eigenvalue weighted by Crippen LogP contribution is -2.35. The molecule has 3 rings (SSSR count). The number of pyridine rings is 1. The first kappa shape index (κ1) is 10.2. The van der Waals surface area contributed by atoms with Crippen molar-refractivity contribution in [2.45, 2.75) is 12.8 Å². The van der Waals surface area contributed by atoms with Crippen LogP contribution in [-0.2, 0) is 0 Å². The van der Waals surface area contributed by atoms with Gasteiger partial charge in [-0.3, -0.25) is 9.78 Å². The molecule has 1 heterocycles. The van der Waals surface area contributed by atoms with E-state index in [0.717, 1.165) is 18.6 Å². The summed E-state index contributed by atoms with van der Waals surface area (Å²) < 4.78 is 0. The van der Waals surface area contributed by atoms with Crippen LogP contribution in [0.3, 0.4) is 0 Å². The van der Waals surface area contributed by atoms with E-state index in [1.54, 1.807) is 24.5 Å². The largest absolute Gasteiger partial charge is 0.271 e. The van der Waals surface area contributed by atoms with Gasteiger partial charge in [-0.1, -0.05) is 12.2 Å². The Morgan fingerprint density at radius 3 is 3.00 bits per heavy atom. The molecule has 0 unspecified atom stereocenters. The molecule has 0 aliphatic heterocycles. The number of amides is 1. The molecule has 2 aliphatic rings. The van der Waals surface area contributed by atoms with Crippen LogP contribution in [0.1, 0.15) is 23.2 Å². The predicted molar refractivity (Wildman–Crippen MR) is 64.5 cm³/mol. The van der Waals surface area contributed by atoms with Crippen molar-refractivity contribution >= 4 is 11.6 Å². The van der Waals surface area contributed by atoms with Gasteiger partial charge in [-0.05, 0) is 30.9 Å². The molecule has 86 valence electrons. The molecule has 0 radical (unpaired) electrons. The van der Waals surface area contributed by atoms with Crippen molar-refractivity contribution in [3.63, 3.8) is 0 Å². The van der Waals surface area contributed by atoms with Crippen molar-refractivity contribution in [1.82, 2.24) is 10.4 Å². The van der Waals surface area contributed by atoms with E-state index < -0.39 is 0 Å². The second kappa shape index (κ2) is 4.13. The van der Waals surface area contributed by atoms with E-state index in [9.17, 15) is 4.79 Å². The van der Waals surface area contributed by atoms with E-state index in [1.807, 2.05) is 0 Å². The van der Waals surface area contributed by atoms with Crippen LogP contribution < -0.4 is 5.43 Å². The predicted octanol–water partition coefficient (Wildman–Crippen LogP) is 1.76. The number of rotatable bonds is 2. The highest BCUT2D eigenvalue weighted by molar-refractivity contribution is 5.97. The number of fused-ring (bicyclic) bond motifs is 1. The lowest BCUT2D eigenvalue weighted by atomic mass is 9.74. The maximum atomic E-state index is 11.7. The molecule has 4 nitrogen and oxygen atoms in total. The number of carbonyl (C=O) groups is 1. The zero-order valence-corrected chi connectivity index (χ0v) is 9.34. The molecule has 17 heavy (non-hydrogen) atoms. The minimum atomic E-state index is -0.172. The fourth-order valence-electron chi connectivity index (χ4n) is 2.35. The van der Waals surface area contributed by atoms with E-state index in [4.69, 9.17) is 0 Å². The minimum Gasteiger partial charge on any atom is -0.267 e. The van der Waals surface area contributed by atoms with Crippen molar-refractivity contribution < 1.29 is 4.79 Å². The summed E-state index contributed by atoms with van der Waals surface area (Å²) in [5.74, 6) is 1.02. The van der Waals surface area contributed by atoms with E-state index in [-0.39, 0.29) is 5.91 Å². The minimum absolute atomic E-state index is 0.172. The summed E-state index contributed by atoms with van der Waals surface area (Å²) in [7, 11) is 0. The van der Waals surface area contributed by atoms with Gasteiger partial charge in [-0.2, -0.15) is 5.10 Å². The highest BCUT2D eigenvalue weighted by Gasteiger charge is 2.37. The van der Waals surface area contributed by atoms with Crippen LogP contribution in [0.25, 0.3) is 0 Å². The Balaban J connectivity index is 1.62. The Labute approximate surface area is 99.4 Å². The average molecular weight is 227 g/mol. The number of aromatic nitrogens is 1. The van der Waals surface area contributed by atoms with Gasteiger partial charge in [0.25, 0.3) is 5.91 Å². The second-order valence-corrected chi connectivity index (χ2v) is 4.42. The fraction of sp³-hybridized carbons (Fsp3) is 0.308. The summed E-state index contributed by atoms with van der Waals surface area (Å²) in [6.45, 7) is 0. The number of carbonyl (C=O) groups excluding carboxylic acids is 1. The topological polar surface area (TPSA) is 54.4 Å². The Morgan fingerprint density at radius 2 is 2.24 bits per heavy atom. The van der Waals surface area contributed by atoms with Crippen molar-refractivity contribution in [3.05, 3.63) is 42.2 Å². The van der Waals surface area contributed by atoms with Gasteiger partial charge in [0.15, 0.2) is 0 Å². The molecule has 0 spiro atoms. The van der Waals surface area contributed by atoms with Gasteiger partial charge < -0.3 is 0 Å². The summed E-state index contributed by atoms with van der Waals surface area (Å²) in [4.78, 5) is 15.6. The van der Waals surface area contributed by atoms with Gasteiger partial charge in [0.2, 0.25) is 0 Å². The Morgan fingerprint density at radius 1 is 1.41 bits per heavy atom. The number of nitrogens with zero attached hydrogens (tertiary/aromatic N) is 2. The van der Waals surface area contributed by atoms with E-state index >= 15 is 0 Å². The maximum Gasteiger partial charge on any atom is 0.271 e. The van der Waals surface area contributed by atoms with Crippen LogP contribution >= 0.6 is 0 Å². The second-order valence-electron chi connectivity index (χ2n) is 4.42. The van der Waals surface area contributed by atoms with Crippen LogP contribution in [0, 0.1) is 11.8 Å². The molecule has 4 heteroatoms. The van der Waals surface area contributed by atoms with Crippen molar-refractivity contribution in [2.24, 2.45) is 16.9 Å². The monoisotopic (exact) mass is 227 g/mol. The number of hydrazone groups is 1. The number of hydrogen-bond donors (Lipinski definition) is 1. The SMILES string of the molecule is O=C(N/N=C1/C[C@@H]2C=CC[C@H]12)c1ccncc1. The molecule has 1 aromatic rings. The molecule has 0 aromatic carbocycles. The lowest BCUT2D eigenvalue weighted by molar-refractivity contribution is 0.0954. The standard InChI is InChI=1S/C13H13N3O/c17-13(9-4-6-14-7-5-9)16-15-12-8-10-2-1-3-11(10)12/h1-2,4-7,10-11H,3,8H2,(H,16,17)/b15-12-/t10-,11-/m0/s1. The van der Waals surface area contributed by atoms with E-state index in [2.05, 4.69) is 27.7 Å². The van der Waals surface area contributed by atoms with Gasteiger partial charge in [0, 0.05) is 29.6 Å². The zero-order valence-electron chi connectivity index (χ0n) is 9.34. The van der Waals surface area contributed by atoms with Gasteiger partial charge in [-0.25, -0.2) is 5.43 Å². The average Bonchev–Trinajstić information content (AvgIpc) is 2.72. The van der Waals surface area contributed by atoms with Gasteiger partial charge in [-0.15, -0.1) is 0 Å². The van der Waals surface area contributed by atoms with Crippen LogP contribution in [-0.4, -0.2) is 16.6 Å². The third kappa shape index (κ3) is 1.86. The fourth-order valence-corrected chi connectivity index (χ4v) is 2.35. The first-order chi connectivity index (χ1) is 8.34. The van der Waals surface area contributed by atoms with Gasteiger partial charge in [0.05, 0.1) is 0 Å². The molecule has 1 fully saturated rings. The molecule has 1 saturated carbocycles. The number of nitrogens with one attached hydrogen (secondary N) is 1. The highest BCUT2D eigenvalue weighted by Crippen LogP contribution is 2.39. The lowest BCUT2D eigenvalue weighted by Gasteiger charge is -2.31. The molecule has 1 N–H and O–H groups in total. The molecule has 1 aromatic heterocycles. The van der Waals surface area contributed by atoms with Gasteiger partial charge >= 0.3 is 0 Å².